The smallest absolute Gasteiger partial charge is 0.0996 e. The van der Waals surface area contributed by atoms with Crippen LogP contribution in [0.4, 0.5) is 0 Å². The lowest BCUT2D eigenvalue weighted by Crippen LogP contribution is -2.25. The second kappa shape index (κ2) is 5.39. The summed E-state index contributed by atoms with van der Waals surface area (Å²) in [5, 5.41) is 0. The van der Waals surface area contributed by atoms with E-state index in [-0.39, 0.29) is 0 Å². The Hall–Kier alpha value is -2.73. The highest BCUT2D eigenvalue weighted by Crippen LogP contribution is 2.34. The van der Waals surface area contributed by atoms with E-state index in [1.54, 1.807) is 0 Å². The fourth-order valence-electron chi connectivity index (χ4n) is 4.52. The Morgan fingerprint density at radius 1 is 0.760 bits per heavy atom. The van der Waals surface area contributed by atoms with Crippen molar-refractivity contribution in [2.75, 3.05) is 0 Å². The van der Waals surface area contributed by atoms with Gasteiger partial charge in [0.15, 0.2) is 14.6 Å². The minimum Gasteiger partial charge on any atom is -0.0996 e. The molecule has 0 fully saturated rings. The summed E-state index contributed by atoms with van der Waals surface area (Å²) in [6.45, 7) is 6.31. The van der Waals surface area contributed by atoms with Crippen molar-refractivity contribution in [2.24, 2.45) is 0 Å². The minimum atomic E-state index is 0.986. The summed E-state index contributed by atoms with van der Waals surface area (Å²) in [5.74, 6) is 0. The molecule has 5 rings (SSSR count). The third kappa shape index (κ3) is 2.04. The summed E-state index contributed by atoms with van der Waals surface area (Å²) < 4.78 is 0. The molecule has 2 heterocycles. The zero-order chi connectivity index (χ0) is 17.0. The van der Waals surface area contributed by atoms with Gasteiger partial charge in [0.1, 0.15) is 0 Å². The minimum absolute atomic E-state index is 0.986. The predicted octanol–water partition coefficient (Wildman–Crippen LogP) is 2.38. The maximum absolute atomic E-state index is 4.11. The number of allylic oxidation sites excluding steroid dienone is 2. The molecular weight excluding hydrogens is 298 g/mol. The molecular formula is C23H18B2. The predicted molar refractivity (Wildman–Crippen MR) is 112 cm³/mol. The molecule has 0 saturated carbocycles. The van der Waals surface area contributed by atoms with E-state index in [9.17, 15) is 0 Å². The maximum atomic E-state index is 4.11. The molecule has 0 nitrogen and oxygen atoms in total. The van der Waals surface area contributed by atoms with Crippen molar-refractivity contribution < 1.29 is 0 Å². The summed E-state index contributed by atoms with van der Waals surface area (Å²) in [6.07, 6.45) is 2.05. The van der Waals surface area contributed by atoms with Gasteiger partial charge < -0.3 is 0 Å². The average molecular weight is 316 g/mol. The van der Waals surface area contributed by atoms with Gasteiger partial charge in [0.05, 0.1) is 0 Å². The first-order chi connectivity index (χ1) is 12.3. The summed E-state index contributed by atoms with van der Waals surface area (Å²) in [4.78, 5) is 0. The summed E-state index contributed by atoms with van der Waals surface area (Å²) in [7, 11) is 2.04. The number of benzene rings is 3. The largest absolute Gasteiger partial charge is 0.194 e. The van der Waals surface area contributed by atoms with Gasteiger partial charge >= 0.3 is 0 Å². The molecule has 0 spiro atoms. The molecule has 0 saturated heterocycles. The highest BCUT2D eigenvalue weighted by Gasteiger charge is 2.30. The van der Waals surface area contributed by atoms with Gasteiger partial charge in [-0.3, -0.25) is 0 Å². The lowest BCUT2D eigenvalue weighted by atomic mass is 9.62. The van der Waals surface area contributed by atoms with Crippen LogP contribution in [0.25, 0.3) is 16.7 Å². The van der Waals surface area contributed by atoms with Gasteiger partial charge in [-0.2, -0.15) is 0 Å². The molecule has 0 atom stereocenters. The molecule has 2 aliphatic rings. The Bertz CT molecular complexity index is 1070. The van der Waals surface area contributed by atoms with E-state index in [1.807, 2.05) is 0 Å². The zero-order valence-corrected chi connectivity index (χ0v) is 14.5. The second-order valence-electron chi connectivity index (χ2n) is 7.06. The maximum Gasteiger partial charge on any atom is 0.194 e. The van der Waals surface area contributed by atoms with Gasteiger partial charge in [-0.15, -0.1) is 0 Å². The van der Waals surface area contributed by atoms with Gasteiger partial charge in [-0.25, -0.2) is 0 Å². The number of aryl methyl sites for hydroxylation is 1. The van der Waals surface area contributed by atoms with Crippen molar-refractivity contribution in [3.05, 3.63) is 95.5 Å². The highest BCUT2D eigenvalue weighted by atomic mass is 14.2. The van der Waals surface area contributed by atoms with Crippen LogP contribution in [0.5, 0.6) is 0 Å². The molecule has 2 aliphatic heterocycles. The average Bonchev–Trinajstić information content (AvgIpc) is 3.19. The molecule has 25 heavy (non-hydrogen) atoms. The van der Waals surface area contributed by atoms with E-state index in [2.05, 4.69) is 80.2 Å². The van der Waals surface area contributed by atoms with Crippen LogP contribution in [0.3, 0.4) is 0 Å². The first kappa shape index (κ1) is 14.6. The highest BCUT2D eigenvalue weighted by molar-refractivity contribution is 6.77. The van der Waals surface area contributed by atoms with E-state index in [0.29, 0.717) is 0 Å². The SMILES string of the molecule is C=CC1=C(c2ccccc2C)c2ccc3c(c2B1)-c1ccccc1B3. The molecule has 0 radical (unpaired) electrons. The van der Waals surface area contributed by atoms with Gasteiger partial charge in [-0.05, 0) is 40.3 Å². The Labute approximate surface area is 150 Å². The monoisotopic (exact) mass is 316 g/mol. The molecule has 3 aromatic rings. The third-order valence-corrected chi connectivity index (χ3v) is 5.69. The topological polar surface area (TPSA) is 0 Å². The molecule has 0 amide bonds. The molecule has 0 bridgehead atoms. The van der Waals surface area contributed by atoms with E-state index >= 15 is 0 Å². The lowest BCUT2D eigenvalue weighted by molar-refractivity contribution is 1.42. The fraction of sp³-hybridized carbons (Fsp3) is 0.0435. The molecule has 116 valence electrons. The van der Waals surface area contributed by atoms with Crippen LogP contribution in [0.2, 0.25) is 0 Å². The van der Waals surface area contributed by atoms with Crippen LogP contribution in [-0.4, -0.2) is 14.6 Å². The Morgan fingerprint density at radius 2 is 1.52 bits per heavy atom. The standard InChI is InChI=1S/C23H18B2/c1-3-18-21(15-9-5-4-8-14(15)2)17-12-13-20-22(23(17)25-18)16-10-6-7-11-19(16)24-20/h3-13,24-25H,1H2,2H3. The van der Waals surface area contributed by atoms with Crippen molar-refractivity contribution in [1.82, 2.24) is 0 Å². The van der Waals surface area contributed by atoms with Crippen molar-refractivity contribution in [3.63, 3.8) is 0 Å². The van der Waals surface area contributed by atoms with Gasteiger partial charge in [0.25, 0.3) is 0 Å². The van der Waals surface area contributed by atoms with Crippen LogP contribution in [0, 0.1) is 6.92 Å². The van der Waals surface area contributed by atoms with Crippen LogP contribution in [0.15, 0.2) is 78.8 Å². The molecule has 0 unspecified atom stereocenters. The van der Waals surface area contributed by atoms with E-state index in [0.717, 1.165) is 14.6 Å². The zero-order valence-electron chi connectivity index (χ0n) is 14.5. The summed E-state index contributed by atoms with van der Waals surface area (Å²) >= 11 is 0. The van der Waals surface area contributed by atoms with E-state index in [1.165, 1.54) is 55.3 Å². The van der Waals surface area contributed by atoms with Crippen molar-refractivity contribution in [2.45, 2.75) is 6.92 Å². The quantitative estimate of drug-likeness (QED) is 0.498. The lowest BCUT2D eigenvalue weighted by Gasteiger charge is -2.14. The normalized spacial score (nSPS) is 13.6. The number of hydrogen-bond donors (Lipinski definition) is 0. The van der Waals surface area contributed by atoms with Crippen molar-refractivity contribution >= 4 is 36.5 Å². The number of hydrogen-bond acceptors (Lipinski definition) is 0. The Morgan fingerprint density at radius 3 is 2.32 bits per heavy atom. The van der Waals surface area contributed by atoms with Crippen LogP contribution in [-0.2, 0) is 0 Å². The molecule has 3 aromatic carbocycles. The van der Waals surface area contributed by atoms with Crippen molar-refractivity contribution in [3.8, 4) is 11.1 Å². The van der Waals surface area contributed by atoms with Gasteiger partial charge in [-0.1, -0.05) is 95.2 Å². The van der Waals surface area contributed by atoms with Crippen LogP contribution >= 0.6 is 0 Å². The number of rotatable bonds is 2. The second-order valence-corrected chi connectivity index (χ2v) is 7.06. The summed E-state index contributed by atoms with van der Waals surface area (Å²) in [5.41, 5.74) is 14.1. The van der Waals surface area contributed by atoms with Gasteiger partial charge in [0, 0.05) is 0 Å². The molecule has 0 N–H and O–H groups in total. The first-order valence-electron chi connectivity index (χ1n) is 8.93. The van der Waals surface area contributed by atoms with Gasteiger partial charge in [0.2, 0.25) is 0 Å². The first-order valence-corrected chi connectivity index (χ1v) is 8.93. The van der Waals surface area contributed by atoms with Crippen molar-refractivity contribution in [1.29, 1.82) is 0 Å². The summed E-state index contributed by atoms with van der Waals surface area (Å²) in [6, 6.07) is 22.2. The van der Waals surface area contributed by atoms with Crippen LogP contribution in [0.1, 0.15) is 16.7 Å². The fourth-order valence-corrected chi connectivity index (χ4v) is 4.52. The Kier molecular flexibility index (Phi) is 3.15. The molecule has 2 heteroatoms. The Balaban J connectivity index is 1.77. The number of fused-ring (bicyclic) bond motifs is 5. The third-order valence-electron chi connectivity index (χ3n) is 5.69. The molecule has 0 aliphatic carbocycles. The van der Waals surface area contributed by atoms with E-state index < -0.39 is 0 Å². The van der Waals surface area contributed by atoms with E-state index in [4.69, 9.17) is 0 Å². The molecule has 0 aromatic heterocycles. The van der Waals surface area contributed by atoms with Crippen LogP contribution < -0.4 is 16.4 Å².